The highest BCUT2D eigenvalue weighted by Gasteiger charge is 2.38. The fraction of sp³-hybridized carbons (Fsp3) is 0.417. The molecule has 0 bridgehead atoms. The van der Waals surface area contributed by atoms with Crippen molar-refractivity contribution in [3.8, 4) is 5.75 Å². The van der Waals surface area contributed by atoms with Gasteiger partial charge in [0.1, 0.15) is 11.6 Å². The number of benzene rings is 1. The number of alkyl halides is 3. The van der Waals surface area contributed by atoms with E-state index in [1.807, 2.05) is 25.4 Å². The molecule has 3 aromatic rings. The maximum absolute atomic E-state index is 13.2. The van der Waals surface area contributed by atoms with Crippen molar-refractivity contribution in [2.45, 2.75) is 25.6 Å². The second-order valence-electron chi connectivity index (χ2n) is 8.98. The van der Waals surface area contributed by atoms with E-state index in [0.29, 0.717) is 24.0 Å². The summed E-state index contributed by atoms with van der Waals surface area (Å²) < 4.78 is 39.0. The van der Waals surface area contributed by atoms with E-state index in [1.165, 1.54) is 5.69 Å². The summed E-state index contributed by atoms with van der Waals surface area (Å²) >= 11 is 0. The van der Waals surface area contributed by atoms with E-state index in [-0.39, 0.29) is 6.03 Å². The number of halogens is 3. The average Bonchev–Trinajstić information content (AvgIpc) is 3.45. The maximum atomic E-state index is 13.2. The zero-order chi connectivity index (χ0) is 27.6. The van der Waals surface area contributed by atoms with Crippen molar-refractivity contribution in [3.05, 3.63) is 36.2 Å². The summed E-state index contributed by atoms with van der Waals surface area (Å²) in [5, 5.41) is 19.0. The number of aliphatic carboxylic acids is 1. The Balaban J connectivity index is 0.000000426. The lowest BCUT2D eigenvalue weighted by molar-refractivity contribution is -0.192. The summed E-state index contributed by atoms with van der Waals surface area (Å²) in [4.78, 5) is 30.8. The van der Waals surface area contributed by atoms with Crippen molar-refractivity contribution in [2.24, 2.45) is 7.05 Å². The number of amides is 2. The number of carbonyl (C=O) groups excluding carboxylic acids is 1. The minimum Gasteiger partial charge on any atom is -0.494 e. The number of carboxylic acids is 1. The van der Waals surface area contributed by atoms with Crippen LogP contribution in [0.3, 0.4) is 0 Å². The van der Waals surface area contributed by atoms with Crippen molar-refractivity contribution in [1.29, 1.82) is 0 Å². The molecule has 0 radical (unpaired) electrons. The molecular weight excluding hydrogens is 507 g/mol. The molecule has 2 amide bonds. The first-order valence-corrected chi connectivity index (χ1v) is 11.8. The highest BCUT2D eigenvalue weighted by molar-refractivity contribution is 6.05. The van der Waals surface area contributed by atoms with E-state index >= 15 is 0 Å². The third-order valence-corrected chi connectivity index (χ3v) is 6.23. The van der Waals surface area contributed by atoms with Crippen LogP contribution in [0, 0.1) is 0 Å². The molecule has 2 aliphatic heterocycles. The highest BCUT2D eigenvalue weighted by Crippen LogP contribution is 2.35. The van der Waals surface area contributed by atoms with Crippen LogP contribution >= 0.6 is 0 Å². The summed E-state index contributed by atoms with van der Waals surface area (Å²) in [6, 6.07) is 6.02. The van der Waals surface area contributed by atoms with Gasteiger partial charge in [-0.2, -0.15) is 18.3 Å². The number of ether oxygens (including phenoxy) is 1. The van der Waals surface area contributed by atoms with Crippen molar-refractivity contribution < 1.29 is 32.6 Å². The van der Waals surface area contributed by atoms with Crippen LogP contribution in [0.4, 0.5) is 35.2 Å². The van der Waals surface area contributed by atoms with Crippen molar-refractivity contribution in [2.75, 3.05) is 48.4 Å². The van der Waals surface area contributed by atoms with Gasteiger partial charge in [-0.25, -0.2) is 14.6 Å². The Morgan fingerprint density at radius 2 is 2.00 bits per heavy atom. The number of methoxy groups -OCH3 is 1. The van der Waals surface area contributed by atoms with Crippen LogP contribution in [0.15, 0.2) is 30.6 Å². The standard InChI is InChI=1S/C22H27N7O2.C2HF3O2/c1-14-12-28(9-7-23-14)19-4-6-24-21-16(19)5-8-29(21)22(30)25-18-10-15-13-27(2)26-17(15)11-20(18)31-3;3-2(4,5)1(6)7/h4,6,10-11,13-14,23H,5,7-9,12H2,1-3H3,(H,25,30);(H,6,7)/t14-;/m1./s1. The number of hydrogen-bond acceptors (Lipinski definition) is 7. The van der Waals surface area contributed by atoms with Crippen molar-refractivity contribution in [3.63, 3.8) is 0 Å². The fourth-order valence-electron chi connectivity index (χ4n) is 4.54. The number of piperazine rings is 1. The Hall–Kier alpha value is -4.07. The number of nitrogens with zero attached hydrogens (tertiary/aromatic N) is 5. The van der Waals surface area contributed by atoms with E-state index in [0.717, 1.165) is 48.3 Å². The molecular formula is C24H28F3N7O4. The molecule has 1 saturated heterocycles. The number of aromatic nitrogens is 3. The lowest BCUT2D eigenvalue weighted by Crippen LogP contribution is -2.49. The van der Waals surface area contributed by atoms with Gasteiger partial charge in [0.25, 0.3) is 0 Å². The van der Waals surface area contributed by atoms with Gasteiger partial charge in [0.05, 0.1) is 18.3 Å². The van der Waals surface area contributed by atoms with Gasteiger partial charge in [0.15, 0.2) is 0 Å². The van der Waals surface area contributed by atoms with E-state index in [9.17, 15) is 18.0 Å². The first kappa shape index (κ1) is 27.0. The van der Waals surface area contributed by atoms with E-state index < -0.39 is 12.1 Å². The van der Waals surface area contributed by atoms with Gasteiger partial charge in [-0.1, -0.05) is 0 Å². The number of rotatable bonds is 3. The molecule has 5 rings (SSSR count). The molecule has 0 unspecified atom stereocenters. The SMILES string of the molecule is COc1cc2nn(C)cc2cc1NC(=O)N1CCc2c(N3CCN[C@H](C)C3)ccnc21.O=C(O)C(F)(F)F. The summed E-state index contributed by atoms with van der Waals surface area (Å²) in [6.07, 6.45) is -0.574. The summed E-state index contributed by atoms with van der Waals surface area (Å²) in [5.74, 6) is -1.44. The van der Waals surface area contributed by atoms with Gasteiger partial charge in [-0.05, 0) is 25.5 Å². The van der Waals surface area contributed by atoms with E-state index in [1.54, 1.807) is 22.9 Å². The minimum absolute atomic E-state index is 0.210. The van der Waals surface area contributed by atoms with E-state index in [2.05, 4.69) is 38.6 Å². The molecule has 2 aromatic heterocycles. The summed E-state index contributed by atoms with van der Waals surface area (Å²) in [6.45, 7) is 5.66. The summed E-state index contributed by atoms with van der Waals surface area (Å²) in [5.41, 5.74) is 3.76. The zero-order valence-electron chi connectivity index (χ0n) is 21.0. The van der Waals surface area contributed by atoms with Crippen molar-refractivity contribution in [1.82, 2.24) is 20.1 Å². The van der Waals surface area contributed by atoms with Gasteiger partial charge in [-0.3, -0.25) is 9.58 Å². The monoisotopic (exact) mass is 535 g/mol. The Morgan fingerprint density at radius 1 is 1.26 bits per heavy atom. The Morgan fingerprint density at radius 3 is 2.66 bits per heavy atom. The fourth-order valence-corrected chi connectivity index (χ4v) is 4.54. The lowest BCUT2D eigenvalue weighted by Gasteiger charge is -2.34. The van der Waals surface area contributed by atoms with Gasteiger partial charge in [0.2, 0.25) is 0 Å². The van der Waals surface area contributed by atoms with Gasteiger partial charge < -0.3 is 25.4 Å². The number of aryl methyl sites for hydroxylation is 1. The molecule has 11 nitrogen and oxygen atoms in total. The smallest absolute Gasteiger partial charge is 0.490 e. The van der Waals surface area contributed by atoms with Crippen LogP contribution in [-0.4, -0.2) is 77.4 Å². The van der Waals surface area contributed by atoms with Crippen LogP contribution in [0.25, 0.3) is 10.9 Å². The maximum Gasteiger partial charge on any atom is 0.490 e. The normalized spacial score (nSPS) is 17.1. The van der Waals surface area contributed by atoms with Gasteiger partial charge in [-0.15, -0.1) is 0 Å². The van der Waals surface area contributed by atoms with Gasteiger partial charge in [0, 0.05) is 74.4 Å². The predicted octanol–water partition coefficient (Wildman–Crippen LogP) is 3.00. The number of anilines is 3. The molecule has 14 heteroatoms. The second kappa shape index (κ2) is 10.7. The Kier molecular flexibility index (Phi) is 7.62. The number of fused-ring (bicyclic) bond motifs is 2. The molecule has 204 valence electrons. The molecule has 0 spiro atoms. The minimum atomic E-state index is -5.08. The molecule has 3 N–H and O–H groups in total. The highest BCUT2D eigenvalue weighted by atomic mass is 19.4. The lowest BCUT2D eigenvalue weighted by atomic mass is 10.1. The molecule has 0 aliphatic carbocycles. The topological polar surface area (TPSA) is 125 Å². The van der Waals surface area contributed by atoms with Crippen LogP contribution in [-0.2, 0) is 18.3 Å². The zero-order valence-corrected chi connectivity index (χ0v) is 21.0. The van der Waals surface area contributed by atoms with Crippen LogP contribution < -0.4 is 25.2 Å². The molecule has 0 saturated carbocycles. The van der Waals surface area contributed by atoms with Crippen LogP contribution in [0.5, 0.6) is 5.75 Å². The first-order chi connectivity index (χ1) is 18.0. The summed E-state index contributed by atoms with van der Waals surface area (Å²) in [7, 11) is 3.46. The number of urea groups is 1. The Labute approximate surface area is 216 Å². The molecule has 1 atom stereocenters. The predicted molar refractivity (Wildman–Crippen MR) is 135 cm³/mol. The molecule has 1 fully saturated rings. The Bertz CT molecular complexity index is 1340. The van der Waals surface area contributed by atoms with Crippen LogP contribution in [0.1, 0.15) is 12.5 Å². The number of hydrogen-bond donors (Lipinski definition) is 3. The molecule has 1 aromatic carbocycles. The largest absolute Gasteiger partial charge is 0.494 e. The quantitative estimate of drug-likeness (QED) is 0.468. The van der Waals surface area contributed by atoms with Gasteiger partial charge >= 0.3 is 18.2 Å². The molecule has 2 aliphatic rings. The average molecular weight is 536 g/mol. The first-order valence-electron chi connectivity index (χ1n) is 11.8. The molecule has 38 heavy (non-hydrogen) atoms. The number of carbonyl (C=O) groups is 2. The second-order valence-corrected chi connectivity index (χ2v) is 8.98. The molecule has 4 heterocycles. The van der Waals surface area contributed by atoms with E-state index in [4.69, 9.17) is 14.6 Å². The third kappa shape index (κ3) is 5.74. The van der Waals surface area contributed by atoms with Crippen molar-refractivity contribution >= 4 is 40.1 Å². The number of pyridine rings is 1. The van der Waals surface area contributed by atoms with Crippen LogP contribution in [0.2, 0.25) is 0 Å². The number of carboxylic acid groups (broad SMARTS) is 1. The number of nitrogens with one attached hydrogen (secondary N) is 2. The third-order valence-electron chi connectivity index (χ3n) is 6.23.